The molecule has 1 aliphatic carbocycles. The third-order valence-corrected chi connectivity index (χ3v) is 9.11. The molecule has 0 saturated carbocycles. The number of allylic oxidation sites excluding steroid dienone is 3. The number of benzene rings is 3. The fourth-order valence-electron chi connectivity index (χ4n) is 5.51. The molecule has 4 nitrogen and oxygen atoms in total. The molecule has 1 heterocycles. The maximum absolute atomic E-state index is 13.6. The molecular formula is C32H29Cl2N3OS. The van der Waals surface area contributed by atoms with Crippen LogP contribution in [0.2, 0.25) is 10.0 Å². The van der Waals surface area contributed by atoms with Crippen LogP contribution in [0.15, 0.2) is 82.2 Å². The number of Topliss-reactive ketones (excluding diaryl/α,β-unsaturated/α-hetero) is 1. The number of carbonyl (C=O) groups excluding carboxylic acids is 1. The first kappa shape index (κ1) is 27.4. The molecule has 1 unspecified atom stereocenters. The molecule has 7 heteroatoms. The second kappa shape index (κ2) is 11.1. The van der Waals surface area contributed by atoms with Gasteiger partial charge in [0, 0.05) is 33.4 Å². The van der Waals surface area contributed by atoms with Crippen molar-refractivity contribution in [3.63, 3.8) is 0 Å². The zero-order valence-corrected chi connectivity index (χ0v) is 24.5. The van der Waals surface area contributed by atoms with E-state index in [0.717, 1.165) is 22.6 Å². The summed E-state index contributed by atoms with van der Waals surface area (Å²) < 4.78 is 0. The fourth-order valence-corrected chi connectivity index (χ4v) is 6.97. The van der Waals surface area contributed by atoms with Gasteiger partial charge in [-0.25, -0.2) is 0 Å². The maximum Gasteiger partial charge on any atom is 0.161 e. The van der Waals surface area contributed by atoms with Crippen molar-refractivity contribution < 1.29 is 4.79 Å². The van der Waals surface area contributed by atoms with Crippen molar-refractivity contribution in [3.05, 3.63) is 115 Å². The minimum Gasteiger partial charge on any atom is -0.384 e. The summed E-state index contributed by atoms with van der Waals surface area (Å²) in [5.41, 5.74) is 14.8. The lowest BCUT2D eigenvalue weighted by Gasteiger charge is -2.40. The molecule has 3 aromatic rings. The Labute approximate surface area is 244 Å². The molecule has 3 aromatic carbocycles. The van der Waals surface area contributed by atoms with Crippen LogP contribution in [0.25, 0.3) is 0 Å². The van der Waals surface area contributed by atoms with Crippen LogP contribution < -0.4 is 10.6 Å². The van der Waals surface area contributed by atoms with E-state index in [9.17, 15) is 10.1 Å². The Morgan fingerprint density at radius 1 is 1.03 bits per heavy atom. The summed E-state index contributed by atoms with van der Waals surface area (Å²) in [7, 11) is 0. The van der Waals surface area contributed by atoms with Gasteiger partial charge in [0.1, 0.15) is 5.82 Å². The summed E-state index contributed by atoms with van der Waals surface area (Å²) in [6.07, 6.45) is 1.82. The first-order chi connectivity index (χ1) is 18.7. The average Bonchev–Trinajstić information content (AvgIpc) is 2.90. The van der Waals surface area contributed by atoms with E-state index in [2.05, 4.69) is 56.3 Å². The minimum absolute atomic E-state index is 0.0483. The number of anilines is 1. The van der Waals surface area contributed by atoms with Crippen LogP contribution in [0, 0.1) is 32.1 Å². The Hall–Kier alpha value is -3.17. The van der Waals surface area contributed by atoms with Crippen molar-refractivity contribution in [1.82, 2.24) is 0 Å². The first-order valence-corrected chi connectivity index (χ1v) is 14.6. The molecule has 39 heavy (non-hydrogen) atoms. The van der Waals surface area contributed by atoms with E-state index in [1.54, 1.807) is 34.9 Å². The van der Waals surface area contributed by atoms with Gasteiger partial charge in [0.25, 0.3) is 0 Å². The molecule has 2 aliphatic rings. The summed E-state index contributed by atoms with van der Waals surface area (Å²) in [4.78, 5) is 16.6. The smallest absolute Gasteiger partial charge is 0.161 e. The summed E-state index contributed by atoms with van der Waals surface area (Å²) in [5, 5.41) is 11.3. The van der Waals surface area contributed by atoms with Gasteiger partial charge in [-0.15, -0.1) is 11.8 Å². The van der Waals surface area contributed by atoms with Gasteiger partial charge in [-0.2, -0.15) is 5.26 Å². The second-order valence-electron chi connectivity index (χ2n) is 10.1. The molecule has 0 bridgehead atoms. The zero-order valence-electron chi connectivity index (χ0n) is 22.1. The number of rotatable bonds is 5. The van der Waals surface area contributed by atoms with E-state index < -0.39 is 5.92 Å². The van der Waals surface area contributed by atoms with Gasteiger partial charge < -0.3 is 5.73 Å². The molecule has 5 rings (SSSR count). The van der Waals surface area contributed by atoms with E-state index in [4.69, 9.17) is 28.9 Å². The normalized spacial score (nSPS) is 17.4. The summed E-state index contributed by atoms with van der Waals surface area (Å²) in [5.74, 6) is 0.606. The van der Waals surface area contributed by atoms with Crippen molar-refractivity contribution in [1.29, 1.82) is 5.26 Å². The summed E-state index contributed by atoms with van der Waals surface area (Å²) >= 11 is 14.5. The second-order valence-corrected chi connectivity index (χ2v) is 12.0. The molecule has 0 spiro atoms. The SMILES string of the molecule is Cc1ccc(SCc2cc(C3C(C#N)=C(N)N(c4ccc(Cl)cc4Cl)C4=C3C(=O)CCC4)c(C)cc2C)cc1. The number of thioether (sulfide) groups is 1. The fraction of sp³-hybridized carbons (Fsp3) is 0.250. The summed E-state index contributed by atoms with van der Waals surface area (Å²) in [6.45, 7) is 6.23. The van der Waals surface area contributed by atoms with E-state index in [-0.39, 0.29) is 5.78 Å². The number of hydrogen-bond donors (Lipinski definition) is 1. The van der Waals surface area contributed by atoms with Gasteiger partial charge in [-0.05, 0) is 86.2 Å². The van der Waals surface area contributed by atoms with E-state index in [1.807, 2.05) is 6.92 Å². The largest absolute Gasteiger partial charge is 0.384 e. The molecular weight excluding hydrogens is 545 g/mol. The van der Waals surface area contributed by atoms with Crippen LogP contribution in [0.5, 0.6) is 0 Å². The van der Waals surface area contributed by atoms with Gasteiger partial charge in [0.05, 0.1) is 28.3 Å². The Kier molecular flexibility index (Phi) is 7.82. The van der Waals surface area contributed by atoms with Crippen LogP contribution in [-0.4, -0.2) is 5.78 Å². The van der Waals surface area contributed by atoms with Crippen molar-refractivity contribution >= 4 is 46.4 Å². The van der Waals surface area contributed by atoms with E-state index in [1.165, 1.54) is 21.6 Å². The predicted molar refractivity (Wildman–Crippen MR) is 161 cm³/mol. The van der Waals surface area contributed by atoms with Gasteiger partial charge in [0.15, 0.2) is 5.78 Å². The molecule has 0 amide bonds. The lowest BCUT2D eigenvalue weighted by Crippen LogP contribution is -2.39. The van der Waals surface area contributed by atoms with Gasteiger partial charge in [-0.1, -0.05) is 53.0 Å². The van der Waals surface area contributed by atoms with Crippen molar-refractivity contribution in [3.8, 4) is 6.07 Å². The van der Waals surface area contributed by atoms with Crippen LogP contribution in [0.3, 0.4) is 0 Å². The molecule has 0 radical (unpaired) electrons. The van der Waals surface area contributed by atoms with Crippen LogP contribution in [0.1, 0.15) is 53.0 Å². The van der Waals surface area contributed by atoms with Crippen molar-refractivity contribution in [2.24, 2.45) is 5.73 Å². The Balaban J connectivity index is 1.63. The van der Waals surface area contributed by atoms with Gasteiger partial charge in [0.2, 0.25) is 0 Å². The topological polar surface area (TPSA) is 70.1 Å². The van der Waals surface area contributed by atoms with Crippen molar-refractivity contribution in [2.75, 3.05) is 4.90 Å². The number of nitrogens with two attached hydrogens (primary N) is 1. The maximum atomic E-state index is 13.6. The minimum atomic E-state index is -0.524. The third kappa shape index (κ3) is 5.22. The molecule has 1 aliphatic heterocycles. The average molecular weight is 575 g/mol. The monoisotopic (exact) mass is 573 g/mol. The third-order valence-electron chi connectivity index (χ3n) is 7.51. The highest BCUT2D eigenvalue weighted by molar-refractivity contribution is 7.98. The number of hydrogen-bond acceptors (Lipinski definition) is 5. The number of halogens is 2. The molecule has 2 N–H and O–H groups in total. The molecule has 198 valence electrons. The Morgan fingerprint density at radius 3 is 2.46 bits per heavy atom. The number of aryl methyl sites for hydroxylation is 3. The van der Waals surface area contributed by atoms with Crippen LogP contribution in [0.4, 0.5) is 5.69 Å². The lowest BCUT2D eigenvalue weighted by molar-refractivity contribution is -0.116. The van der Waals surface area contributed by atoms with E-state index in [0.29, 0.717) is 52.0 Å². The molecule has 1 atom stereocenters. The standard InChI is InChI=1S/C32H29Cl2N3OS/c1-18-7-10-23(11-8-18)39-17-21-14-24(20(3)13-19(21)2)30-25(16-35)32(36)37(27-12-9-22(33)15-26(27)34)28-5-4-6-29(38)31(28)30/h7-15,30H,4-6,17,36H2,1-3H3. The highest BCUT2D eigenvalue weighted by atomic mass is 35.5. The highest BCUT2D eigenvalue weighted by Crippen LogP contribution is 2.48. The zero-order chi connectivity index (χ0) is 27.8. The summed E-state index contributed by atoms with van der Waals surface area (Å²) in [6, 6.07) is 20.4. The molecule has 0 saturated heterocycles. The lowest BCUT2D eigenvalue weighted by atomic mass is 9.74. The van der Waals surface area contributed by atoms with Gasteiger partial charge in [-0.3, -0.25) is 9.69 Å². The molecule has 0 fully saturated rings. The predicted octanol–water partition coefficient (Wildman–Crippen LogP) is 8.52. The number of ketones is 1. The van der Waals surface area contributed by atoms with Crippen LogP contribution >= 0.6 is 35.0 Å². The van der Waals surface area contributed by atoms with Crippen LogP contribution in [-0.2, 0) is 10.5 Å². The quantitative estimate of drug-likeness (QED) is 0.310. The van der Waals surface area contributed by atoms with Gasteiger partial charge >= 0.3 is 0 Å². The Bertz CT molecular complexity index is 1580. The van der Waals surface area contributed by atoms with Crippen molar-refractivity contribution in [2.45, 2.75) is 56.6 Å². The highest BCUT2D eigenvalue weighted by Gasteiger charge is 2.41. The number of carbonyl (C=O) groups is 1. The van der Waals surface area contributed by atoms with E-state index >= 15 is 0 Å². The Morgan fingerprint density at radius 2 is 1.77 bits per heavy atom. The number of nitriles is 1. The molecule has 0 aromatic heterocycles. The number of nitrogens with zero attached hydrogens (tertiary/aromatic N) is 2. The first-order valence-electron chi connectivity index (χ1n) is 12.9.